The van der Waals surface area contributed by atoms with Crippen molar-refractivity contribution >= 4 is 5.97 Å². The third-order valence-electron chi connectivity index (χ3n) is 5.55. The summed E-state index contributed by atoms with van der Waals surface area (Å²) in [6.07, 6.45) is 9.28. The number of rotatable bonds is 10. The molecule has 162 valence electrons. The fourth-order valence-corrected chi connectivity index (χ4v) is 3.56. The normalized spacial score (nSPS) is 11.8. The average Bonchev–Trinajstić information content (AvgIpc) is 2.83. The van der Waals surface area contributed by atoms with Gasteiger partial charge in [0.25, 0.3) is 0 Å². The van der Waals surface area contributed by atoms with Crippen LogP contribution < -0.4 is 0 Å². The summed E-state index contributed by atoms with van der Waals surface area (Å²) in [5, 5.41) is 0. The van der Waals surface area contributed by atoms with Crippen LogP contribution in [0.15, 0.2) is 60.9 Å². The molecule has 0 amide bonds. The molecule has 0 aliphatic carbocycles. The second-order valence-corrected chi connectivity index (χ2v) is 7.85. The molecule has 2 aromatic carbocycles. The van der Waals surface area contributed by atoms with Crippen molar-refractivity contribution in [2.24, 2.45) is 0 Å². The van der Waals surface area contributed by atoms with Gasteiger partial charge in [0.05, 0.1) is 0 Å². The molecular weight excluding hydrogens is 384 g/mol. The lowest BCUT2D eigenvalue weighted by atomic mass is 9.99. The smallest absolute Gasteiger partial charge is 0.376 e. The Morgan fingerprint density at radius 1 is 0.839 bits per heavy atom. The molecule has 0 bridgehead atoms. The molecule has 0 radical (unpaired) electrons. The van der Waals surface area contributed by atoms with Crippen LogP contribution in [0, 0.1) is 0 Å². The molecule has 0 N–H and O–H groups in total. The van der Waals surface area contributed by atoms with Crippen molar-refractivity contribution in [3.05, 3.63) is 83.4 Å². The predicted molar refractivity (Wildman–Crippen MR) is 125 cm³/mol. The van der Waals surface area contributed by atoms with Crippen molar-refractivity contribution in [2.75, 3.05) is 0 Å². The second-order valence-electron chi connectivity index (χ2n) is 7.85. The minimum absolute atomic E-state index is 0.116. The van der Waals surface area contributed by atoms with Gasteiger partial charge in [0.2, 0.25) is 5.82 Å². The summed E-state index contributed by atoms with van der Waals surface area (Å²) in [5.41, 5.74) is 5.69. The van der Waals surface area contributed by atoms with Gasteiger partial charge >= 0.3 is 5.97 Å². The highest BCUT2D eigenvalue weighted by atomic mass is 16.5. The topological polar surface area (TPSA) is 52.1 Å². The highest BCUT2D eigenvalue weighted by Crippen LogP contribution is 2.26. The zero-order valence-corrected chi connectivity index (χ0v) is 18.8. The maximum absolute atomic E-state index is 12.6. The number of esters is 1. The molecule has 1 aromatic heterocycles. The summed E-state index contributed by atoms with van der Waals surface area (Å²) in [4.78, 5) is 21.0. The molecule has 31 heavy (non-hydrogen) atoms. The summed E-state index contributed by atoms with van der Waals surface area (Å²) >= 11 is 0. The Kier molecular flexibility index (Phi) is 8.34. The van der Waals surface area contributed by atoms with Crippen molar-refractivity contribution < 1.29 is 9.53 Å². The van der Waals surface area contributed by atoms with Crippen LogP contribution in [-0.4, -0.2) is 15.9 Å². The van der Waals surface area contributed by atoms with Gasteiger partial charge in [-0.1, -0.05) is 82.1 Å². The van der Waals surface area contributed by atoms with E-state index in [0.717, 1.165) is 36.0 Å². The Labute approximate surface area is 185 Å². The van der Waals surface area contributed by atoms with Crippen LogP contribution in [0.25, 0.3) is 11.1 Å². The van der Waals surface area contributed by atoms with E-state index in [1.807, 2.05) is 19.1 Å². The molecule has 3 rings (SSSR count). The standard InChI is InChI=1S/C27H32N2O2/c1-4-7-8-9-21-18-28-26(29-19-21)27(30)31-25(6-3)24-16-14-23(15-17-24)22-12-10-20(5-2)11-13-22/h10-19,25H,4-9H2,1-3H3. The van der Waals surface area contributed by atoms with Crippen LogP contribution >= 0.6 is 0 Å². The molecule has 0 spiro atoms. The Hall–Kier alpha value is -3.01. The molecule has 1 heterocycles. The minimum Gasteiger partial charge on any atom is -0.452 e. The molecule has 0 fully saturated rings. The van der Waals surface area contributed by atoms with Gasteiger partial charge in [-0.15, -0.1) is 0 Å². The first-order chi connectivity index (χ1) is 15.1. The van der Waals surface area contributed by atoms with Gasteiger partial charge in [0.1, 0.15) is 6.10 Å². The van der Waals surface area contributed by atoms with Crippen molar-refractivity contribution in [3.8, 4) is 11.1 Å². The molecule has 3 aromatic rings. The van der Waals surface area contributed by atoms with Crippen LogP contribution in [0.4, 0.5) is 0 Å². The lowest BCUT2D eigenvalue weighted by Gasteiger charge is -2.16. The van der Waals surface area contributed by atoms with Gasteiger partial charge in [0, 0.05) is 12.4 Å². The van der Waals surface area contributed by atoms with Gasteiger partial charge in [-0.05, 0) is 53.5 Å². The number of ether oxygens (including phenoxy) is 1. The van der Waals surface area contributed by atoms with E-state index in [9.17, 15) is 4.79 Å². The summed E-state index contributed by atoms with van der Waals surface area (Å²) in [7, 11) is 0. The number of hydrogen-bond donors (Lipinski definition) is 0. The van der Waals surface area contributed by atoms with Crippen molar-refractivity contribution in [1.82, 2.24) is 9.97 Å². The molecule has 0 saturated heterocycles. The first kappa shape index (κ1) is 22.7. The second kappa shape index (κ2) is 11.4. The number of carbonyl (C=O) groups excluding carboxylic acids is 1. The van der Waals surface area contributed by atoms with Crippen LogP contribution in [0.2, 0.25) is 0 Å². The lowest BCUT2D eigenvalue weighted by molar-refractivity contribution is 0.0273. The van der Waals surface area contributed by atoms with E-state index in [1.165, 1.54) is 24.0 Å². The van der Waals surface area contributed by atoms with E-state index in [2.05, 4.69) is 60.2 Å². The molecule has 1 unspecified atom stereocenters. The van der Waals surface area contributed by atoms with Gasteiger partial charge < -0.3 is 4.74 Å². The number of aryl methyl sites for hydroxylation is 2. The van der Waals surface area contributed by atoms with E-state index < -0.39 is 5.97 Å². The fourth-order valence-electron chi connectivity index (χ4n) is 3.56. The average molecular weight is 417 g/mol. The monoisotopic (exact) mass is 416 g/mol. The molecule has 4 nitrogen and oxygen atoms in total. The van der Waals surface area contributed by atoms with Crippen molar-refractivity contribution in [3.63, 3.8) is 0 Å². The first-order valence-electron chi connectivity index (χ1n) is 11.4. The Morgan fingerprint density at radius 3 is 2.00 bits per heavy atom. The molecule has 0 aliphatic rings. The maximum Gasteiger partial charge on any atom is 0.376 e. The van der Waals surface area contributed by atoms with Gasteiger partial charge in [-0.3, -0.25) is 0 Å². The summed E-state index contributed by atoms with van der Waals surface area (Å²) in [6, 6.07) is 16.8. The Morgan fingerprint density at radius 2 is 1.45 bits per heavy atom. The molecular formula is C27H32N2O2. The van der Waals surface area contributed by atoms with E-state index in [-0.39, 0.29) is 11.9 Å². The maximum atomic E-state index is 12.6. The quantitative estimate of drug-likeness (QED) is 0.271. The largest absolute Gasteiger partial charge is 0.452 e. The van der Waals surface area contributed by atoms with Crippen LogP contribution in [0.1, 0.15) is 79.9 Å². The molecule has 1 atom stereocenters. The summed E-state index contributed by atoms with van der Waals surface area (Å²) in [6.45, 7) is 6.34. The van der Waals surface area contributed by atoms with Crippen LogP contribution in [0.3, 0.4) is 0 Å². The van der Waals surface area contributed by atoms with Crippen molar-refractivity contribution in [2.45, 2.75) is 65.4 Å². The van der Waals surface area contributed by atoms with E-state index in [0.29, 0.717) is 6.42 Å². The SMILES string of the molecule is CCCCCc1cnc(C(=O)OC(CC)c2ccc(-c3ccc(CC)cc3)cc2)nc1. The van der Waals surface area contributed by atoms with E-state index in [1.54, 1.807) is 12.4 Å². The van der Waals surface area contributed by atoms with E-state index >= 15 is 0 Å². The number of carbonyl (C=O) groups is 1. The summed E-state index contributed by atoms with van der Waals surface area (Å²) in [5.74, 6) is -0.364. The number of nitrogens with zero attached hydrogens (tertiary/aromatic N) is 2. The number of unbranched alkanes of at least 4 members (excludes halogenated alkanes) is 2. The number of hydrogen-bond acceptors (Lipinski definition) is 4. The fraction of sp³-hybridized carbons (Fsp3) is 0.370. The first-order valence-corrected chi connectivity index (χ1v) is 11.4. The molecule has 0 saturated carbocycles. The third-order valence-corrected chi connectivity index (χ3v) is 5.55. The van der Waals surface area contributed by atoms with Gasteiger partial charge in [-0.25, -0.2) is 14.8 Å². The Balaban J connectivity index is 1.64. The van der Waals surface area contributed by atoms with E-state index in [4.69, 9.17) is 4.74 Å². The predicted octanol–water partition coefficient (Wildman–Crippen LogP) is 6.75. The van der Waals surface area contributed by atoms with Gasteiger partial charge in [-0.2, -0.15) is 0 Å². The third kappa shape index (κ3) is 6.24. The molecule has 4 heteroatoms. The van der Waals surface area contributed by atoms with Crippen LogP contribution in [0.5, 0.6) is 0 Å². The number of benzene rings is 2. The van der Waals surface area contributed by atoms with Crippen molar-refractivity contribution in [1.29, 1.82) is 0 Å². The highest BCUT2D eigenvalue weighted by Gasteiger charge is 2.18. The Bertz CT molecular complexity index is 948. The minimum atomic E-state index is -0.480. The number of aromatic nitrogens is 2. The highest BCUT2D eigenvalue weighted by molar-refractivity contribution is 5.85. The zero-order chi connectivity index (χ0) is 22.1. The van der Waals surface area contributed by atoms with Crippen LogP contribution in [-0.2, 0) is 17.6 Å². The zero-order valence-electron chi connectivity index (χ0n) is 18.8. The summed E-state index contributed by atoms with van der Waals surface area (Å²) < 4.78 is 5.72. The lowest BCUT2D eigenvalue weighted by Crippen LogP contribution is -2.14. The molecule has 0 aliphatic heterocycles. The van der Waals surface area contributed by atoms with Gasteiger partial charge in [0.15, 0.2) is 0 Å².